The number of aromatic nitrogens is 2. The summed E-state index contributed by atoms with van der Waals surface area (Å²) >= 11 is 0. The second-order valence-electron chi connectivity index (χ2n) is 4.04. The molecular weight excluding hydrogens is 230 g/mol. The van der Waals surface area contributed by atoms with Crippen LogP contribution in [0.15, 0.2) is 30.6 Å². The molecule has 94 valence electrons. The molecule has 2 rings (SSSR count). The van der Waals surface area contributed by atoms with E-state index in [1.54, 1.807) is 31.5 Å². The van der Waals surface area contributed by atoms with Crippen LogP contribution >= 0.6 is 0 Å². The summed E-state index contributed by atoms with van der Waals surface area (Å²) < 4.78 is 0. The summed E-state index contributed by atoms with van der Waals surface area (Å²) in [5, 5.41) is 12.2. The standard InChI is InChI=1S/C13H15N3O2/c1-9-8-10(2-3-11(9)17)13(18)16-5-4-12-14-6-7-15-12/h2-3,6-8,17H,4-5H2,1H3,(H,14,15)(H,16,18). The van der Waals surface area contributed by atoms with E-state index in [2.05, 4.69) is 15.3 Å². The van der Waals surface area contributed by atoms with Crippen LogP contribution < -0.4 is 5.32 Å². The second-order valence-corrected chi connectivity index (χ2v) is 4.04. The van der Waals surface area contributed by atoms with Crippen molar-refractivity contribution in [2.75, 3.05) is 6.54 Å². The number of amides is 1. The Kier molecular flexibility index (Phi) is 3.62. The molecule has 2 aromatic rings. The number of benzene rings is 1. The number of phenolic OH excluding ortho intramolecular Hbond substituents is 1. The minimum atomic E-state index is -0.148. The third kappa shape index (κ3) is 2.88. The maximum atomic E-state index is 11.8. The maximum Gasteiger partial charge on any atom is 0.251 e. The smallest absolute Gasteiger partial charge is 0.251 e. The van der Waals surface area contributed by atoms with Crippen molar-refractivity contribution in [3.8, 4) is 5.75 Å². The van der Waals surface area contributed by atoms with E-state index >= 15 is 0 Å². The van der Waals surface area contributed by atoms with Crippen LogP contribution in [0.4, 0.5) is 0 Å². The molecule has 0 aliphatic rings. The van der Waals surface area contributed by atoms with Crippen LogP contribution in [0, 0.1) is 6.92 Å². The highest BCUT2D eigenvalue weighted by Crippen LogP contribution is 2.16. The van der Waals surface area contributed by atoms with Crippen LogP contribution in [-0.4, -0.2) is 27.5 Å². The van der Waals surface area contributed by atoms with Crippen LogP contribution in [0.3, 0.4) is 0 Å². The number of nitrogens with zero attached hydrogens (tertiary/aromatic N) is 1. The van der Waals surface area contributed by atoms with Crippen LogP contribution in [0.1, 0.15) is 21.7 Å². The van der Waals surface area contributed by atoms with Gasteiger partial charge in [-0.2, -0.15) is 0 Å². The van der Waals surface area contributed by atoms with Gasteiger partial charge in [-0.15, -0.1) is 0 Å². The van der Waals surface area contributed by atoms with E-state index in [9.17, 15) is 9.90 Å². The van der Waals surface area contributed by atoms with E-state index in [0.717, 1.165) is 5.82 Å². The number of hydrogen-bond acceptors (Lipinski definition) is 3. The molecule has 1 aromatic heterocycles. The van der Waals surface area contributed by atoms with Crippen molar-refractivity contribution in [1.82, 2.24) is 15.3 Å². The zero-order valence-corrected chi connectivity index (χ0v) is 10.1. The minimum Gasteiger partial charge on any atom is -0.508 e. The number of imidazole rings is 1. The lowest BCUT2D eigenvalue weighted by molar-refractivity contribution is 0.0954. The molecule has 0 saturated heterocycles. The number of rotatable bonds is 4. The van der Waals surface area contributed by atoms with Crippen LogP contribution in [0.5, 0.6) is 5.75 Å². The number of nitrogens with one attached hydrogen (secondary N) is 2. The van der Waals surface area contributed by atoms with Crippen molar-refractivity contribution in [2.24, 2.45) is 0 Å². The lowest BCUT2D eigenvalue weighted by atomic mass is 10.1. The van der Waals surface area contributed by atoms with Crippen LogP contribution in [0.2, 0.25) is 0 Å². The first kappa shape index (κ1) is 12.2. The summed E-state index contributed by atoms with van der Waals surface area (Å²) in [5.41, 5.74) is 1.23. The van der Waals surface area contributed by atoms with Crippen LogP contribution in [0.25, 0.3) is 0 Å². The predicted molar refractivity (Wildman–Crippen MR) is 67.5 cm³/mol. The van der Waals surface area contributed by atoms with Gasteiger partial charge in [-0.25, -0.2) is 4.98 Å². The van der Waals surface area contributed by atoms with Crippen molar-refractivity contribution in [2.45, 2.75) is 13.3 Å². The Morgan fingerprint density at radius 1 is 1.50 bits per heavy atom. The minimum absolute atomic E-state index is 0.148. The van der Waals surface area contributed by atoms with Gasteiger partial charge in [0.05, 0.1) is 0 Å². The maximum absolute atomic E-state index is 11.8. The van der Waals surface area contributed by atoms with Gasteiger partial charge in [0.2, 0.25) is 0 Å². The summed E-state index contributed by atoms with van der Waals surface area (Å²) in [7, 11) is 0. The van der Waals surface area contributed by atoms with E-state index in [4.69, 9.17) is 0 Å². The topological polar surface area (TPSA) is 78.0 Å². The molecule has 0 unspecified atom stereocenters. The monoisotopic (exact) mass is 245 g/mol. The van der Waals surface area contributed by atoms with Crippen molar-refractivity contribution in [3.05, 3.63) is 47.5 Å². The molecular formula is C13H15N3O2. The fourth-order valence-electron chi connectivity index (χ4n) is 1.63. The molecule has 0 saturated carbocycles. The third-order valence-electron chi connectivity index (χ3n) is 2.66. The van der Waals surface area contributed by atoms with Crippen LogP contribution in [-0.2, 0) is 6.42 Å². The molecule has 0 fully saturated rings. The molecule has 0 spiro atoms. The molecule has 1 amide bonds. The van der Waals surface area contributed by atoms with E-state index in [-0.39, 0.29) is 11.7 Å². The Labute approximate surface area is 105 Å². The normalized spacial score (nSPS) is 10.3. The van der Waals surface area contributed by atoms with E-state index < -0.39 is 0 Å². The molecule has 3 N–H and O–H groups in total. The number of hydrogen-bond donors (Lipinski definition) is 3. The van der Waals surface area contributed by atoms with Gasteiger partial charge in [-0.1, -0.05) is 0 Å². The van der Waals surface area contributed by atoms with Crippen molar-refractivity contribution >= 4 is 5.91 Å². The fourth-order valence-corrected chi connectivity index (χ4v) is 1.63. The molecule has 0 aliphatic carbocycles. The molecule has 0 bridgehead atoms. The zero-order valence-electron chi connectivity index (χ0n) is 10.1. The van der Waals surface area contributed by atoms with E-state index in [1.165, 1.54) is 6.07 Å². The molecule has 5 heteroatoms. The van der Waals surface area contributed by atoms with Crippen molar-refractivity contribution in [3.63, 3.8) is 0 Å². The average Bonchev–Trinajstić information content (AvgIpc) is 2.85. The Morgan fingerprint density at radius 2 is 2.33 bits per heavy atom. The Morgan fingerprint density at radius 3 is 3.00 bits per heavy atom. The predicted octanol–water partition coefficient (Wildman–Crippen LogP) is 1.40. The van der Waals surface area contributed by atoms with Gasteiger partial charge in [0.1, 0.15) is 11.6 Å². The number of carbonyl (C=O) groups excluding carboxylic acids is 1. The van der Waals surface area contributed by atoms with Crippen molar-refractivity contribution in [1.29, 1.82) is 0 Å². The first-order valence-electron chi connectivity index (χ1n) is 5.73. The van der Waals surface area contributed by atoms with Crippen molar-refractivity contribution < 1.29 is 9.90 Å². The highest BCUT2D eigenvalue weighted by molar-refractivity contribution is 5.94. The molecule has 0 aliphatic heterocycles. The highest BCUT2D eigenvalue weighted by atomic mass is 16.3. The number of phenols is 1. The van der Waals surface area contributed by atoms with Gasteiger partial charge >= 0.3 is 0 Å². The van der Waals surface area contributed by atoms with Gasteiger partial charge in [-0.3, -0.25) is 4.79 Å². The second kappa shape index (κ2) is 5.35. The largest absolute Gasteiger partial charge is 0.508 e. The number of carbonyl (C=O) groups is 1. The lowest BCUT2D eigenvalue weighted by Gasteiger charge is -2.05. The summed E-state index contributed by atoms with van der Waals surface area (Å²) in [6, 6.07) is 4.79. The lowest BCUT2D eigenvalue weighted by Crippen LogP contribution is -2.25. The Bertz CT molecular complexity index is 535. The summed E-state index contributed by atoms with van der Waals surface area (Å²) in [6.07, 6.45) is 4.09. The summed E-state index contributed by atoms with van der Waals surface area (Å²) in [4.78, 5) is 18.9. The Balaban J connectivity index is 1.89. The molecule has 5 nitrogen and oxygen atoms in total. The first-order chi connectivity index (χ1) is 8.66. The average molecular weight is 245 g/mol. The summed E-state index contributed by atoms with van der Waals surface area (Å²) in [5.74, 6) is 0.893. The SMILES string of the molecule is Cc1cc(C(=O)NCCc2ncc[nH]2)ccc1O. The molecule has 1 aromatic carbocycles. The van der Waals surface area contributed by atoms with Gasteiger partial charge in [0.25, 0.3) is 5.91 Å². The highest BCUT2D eigenvalue weighted by Gasteiger charge is 2.07. The number of aromatic amines is 1. The molecule has 18 heavy (non-hydrogen) atoms. The van der Waals surface area contributed by atoms with E-state index in [1.807, 2.05) is 0 Å². The van der Waals surface area contributed by atoms with Gasteiger partial charge in [0.15, 0.2) is 0 Å². The first-order valence-corrected chi connectivity index (χ1v) is 5.73. The Hall–Kier alpha value is -2.30. The van der Waals surface area contributed by atoms with E-state index in [0.29, 0.717) is 24.1 Å². The molecule has 0 radical (unpaired) electrons. The molecule has 0 atom stereocenters. The summed E-state index contributed by atoms with van der Waals surface area (Å²) in [6.45, 7) is 2.28. The quantitative estimate of drug-likeness (QED) is 0.761. The zero-order chi connectivity index (χ0) is 13.0. The third-order valence-corrected chi connectivity index (χ3v) is 2.66. The van der Waals surface area contributed by atoms with Gasteiger partial charge in [0, 0.05) is 30.9 Å². The number of aromatic hydroxyl groups is 1. The van der Waals surface area contributed by atoms with Gasteiger partial charge in [-0.05, 0) is 30.7 Å². The number of H-pyrrole nitrogens is 1. The number of aryl methyl sites for hydroxylation is 1. The fraction of sp³-hybridized carbons (Fsp3) is 0.231. The van der Waals surface area contributed by atoms with Gasteiger partial charge < -0.3 is 15.4 Å². The molecule has 1 heterocycles.